The molecule has 1 aromatic carbocycles. The van der Waals surface area contributed by atoms with Crippen LogP contribution >= 0.6 is 0 Å². The molecule has 25 heavy (non-hydrogen) atoms. The summed E-state index contributed by atoms with van der Waals surface area (Å²) in [7, 11) is 0. The van der Waals surface area contributed by atoms with Crippen LogP contribution in [0.1, 0.15) is 37.3 Å². The normalized spacial score (nSPS) is 22.7. The summed E-state index contributed by atoms with van der Waals surface area (Å²) in [5.41, 5.74) is 2.53. The minimum absolute atomic E-state index is 0.0464. The third-order valence-electron chi connectivity index (χ3n) is 5.39. The number of ether oxygens (including phenoxy) is 1. The maximum absolute atomic E-state index is 12.7. The van der Waals surface area contributed by atoms with Gasteiger partial charge in [0.1, 0.15) is 0 Å². The monoisotopic (exact) mass is 345 g/mol. The topological polar surface area (TPSA) is 44.8 Å². The second kappa shape index (κ2) is 9.32. The zero-order chi connectivity index (χ0) is 17.5. The summed E-state index contributed by atoms with van der Waals surface area (Å²) in [6.45, 7) is 9.27. The van der Waals surface area contributed by atoms with Crippen LogP contribution in [0.3, 0.4) is 0 Å². The van der Waals surface area contributed by atoms with E-state index in [1.807, 2.05) is 0 Å². The zero-order valence-electron chi connectivity index (χ0n) is 15.4. The van der Waals surface area contributed by atoms with E-state index in [4.69, 9.17) is 4.74 Å². The fourth-order valence-corrected chi connectivity index (χ4v) is 3.85. The number of rotatable bonds is 6. The maximum atomic E-state index is 12.7. The molecule has 0 aliphatic carbocycles. The second-order valence-electron chi connectivity index (χ2n) is 7.02. The van der Waals surface area contributed by atoms with E-state index in [0.717, 1.165) is 58.8 Å². The third kappa shape index (κ3) is 5.03. The van der Waals surface area contributed by atoms with Crippen LogP contribution in [-0.2, 0) is 22.6 Å². The summed E-state index contributed by atoms with van der Waals surface area (Å²) in [5.74, 6) is 0.183. The number of morpholine rings is 1. The molecular weight excluding hydrogens is 314 g/mol. The van der Waals surface area contributed by atoms with Crippen LogP contribution in [0.5, 0.6) is 0 Å². The molecule has 2 heterocycles. The van der Waals surface area contributed by atoms with E-state index in [1.54, 1.807) is 0 Å². The largest absolute Gasteiger partial charge is 0.379 e. The van der Waals surface area contributed by atoms with Crippen molar-refractivity contribution in [1.29, 1.82) is 0 Å². The predicted octanol–water partition coefficient (Wildman–Crippen LogP) is 2.01. The highest BCUT2D eigenvalue weighted by Crippen LogP contribution is 2.17. The van der Waals surface area contributed by atoms with Crippen molar-refractivity contribution in [3.63, 3.8) is 0 Å². The van der Waals surface area contributed by atoms with Crippen molar-refractivity contribution < 1.29 is 9.53 Å². The first-order valence-corrected chi connectivity index (χ1v) is 9.66. The Balaban J connectivity index is 1.58. The lowest BCUT2D eigenvalue weighted by Crippen LogP contribution is -2.49. The molecule has 1 N–H and O–H groups in total. The Hall–Kier alpha value is -1.43. The first-order chi connectivity index (χ1) is 12.3. The van der Waals surface area contributed by atoms with E-state index in [-0.39, 0.29) is 11.9 Å². The number of benzene rings is 1. The van der Waals surface area contributed by atoms with Gasteiger partial charge in [-0.05, 0) is 37.1 Å². The van der Waals surface area contributed by atoms with Gasteiger partial charge in [0.25, 0.3) is 0 Å². The van der Waals surface area contributed by atoms with Gasteiger partial charge in [-0.2, -0.15) is 0 Å². The summed E-state index contributed by atoms with van der Waals surface area (Å²) in [5, 5.41) is 3.19. The highest BCUT2D eigenvalue weighted by Gasteiger charge is 2.27. The summed E-state index contributed by atoms with van der Waals surface area (Å²) in [6.07, 6.45) is 3.34. The van der Waals surface area contributed by atoms with Crippen LogP contribution < -0.4 is 5.32 Å². The molecule has 5 heteroatoms. The first-order valence-electron chi connectivity index (χ1n) is 9.66. The number of likely N-dealkylation sites (N-methyl/N-ethyl adjacent to an activating group) is 1. The summed E-state index contributed by atoms with van der Waals surface area (Å²) in [6, 6.07) is 8.50. The van der Waals surface area contributed by atoms with Crippen LogP contribution in [-0.4, -0.2) is 61.1 Å². The van der Waals surface area contributed by atoms with Crippen molar-refractivity contribution in [2.45, 2.75) is 45.3 Å². The van der Waals surface area contributed by atoms with Crippen LogP contribution in [0.4, 0.5) is 0 Å². The molecule has 1 aromatic rings. The molecule has 2 aliphatic rings. The number of hydrogen-bond acceptors (Lipinski definition) is 4. The minimum Gasteiger partial charge on any atom is -0.379 e. The lowest BCUT2D eigenvalue weighted by Gasteiger charge is -2.33. The standard InChI is InChI=1S/C20H31N3O2/c1-2-23-10-6-5-9-19(23)20(24)21-15-17-7-3-4-8-18(17)16-22-11-13-25-14-12-22/h3-4,7-8,19H,2,5-6,9-16H2,1H3,(H,21,24)/t19-/m1/s1. The summed E-state index contributed by atoms with van der Waals surface area (Å²) < 4.78 is 5.43. The van der Waals surface area contributed by atoms with Gasteiger partial charge in [-0.15, -0.1) is 0 Å². The lowest BCUT2D eigenvalue weighted by molar-refractivity contribution is -0.127. The molecule has 138 valence electrons. The molecule has 0 spiro atoms. The van der Waals surface area contributed by atoms with E-state index in [1.165, 1.54) is 17.5 Å². The average molecular weight is 345 g/mol. The van der Waals surface area contributed by atoms with Crippen molar-refractivity contribution in [2.24, 2.45) is 0 Å². The van der Waals surface area contributed by atoms with Gasteiger partial charge in [0.05, 0.1) is 19.3 Å². The van der Waals surface area contributed by atoms with Crippen molar-refractivity contribution in [1.82, 2.24) is 15.1 Å². The van der Waals surface area contributed by atoms with Gasteiger partial charge < -0.3 is 10.1 Å². The Kier molecular flexibility index (Phi) is 6.84. The maximum Gasteiger partial charge on any atom is 0.237 e. The third-order valence-corrected chi connectivity index (χ3v) is 5.39. The number of hydrogen-bond donors (Lipinski definition) is 1. The minimum atomic E-state index is 0.0464. The zero-order valence-corrected chi connectivity index (χ0v) is 15.4. The molecule has 0 saturated carbocycles. The lowest BCUT2D eigenvalue weighted by atomic mass is 10.0. The summed E-state index contributed by atoms with van der Waals surface area (Å²) in [4.78, 5) is 17.4. The number of piperidine rings is 1. The summed E-state index contributed by atoms with van der Waals surface area (Å²) >= 11 is 0. The highest BCUT2D eigenvalue weighted by atomic mass is 16.5. The highest BCUT2D eigenvalue weighted by molar-refractivity contribution is 5.81. The fourth-order valence-electron chi connectivity index (χ4n) is 3.85. The molecular formula is C20H31N3O2. The number of nitrogens with zero attached hydrogens (tertiary/aromatic N) is 2. The average Bonchev–Trinajstić information content (AvgIpc) is 2.68. The van der Waals surface area contributed by atoms with E-state index < -0.39 is 0 Å². The van der Waals surface area contributed by atoms with Gasteiger partial charge in [0.2, 0.25) is 5.91 Å². The Bertz CT molecular complexity index is 558. The van der Waals surface area contributed by atoms with Gasteiger partial charge in [-0.25, -0.2) is 0 Å². The van der Waals surface area contributed by atoms with Crippen molar-refractivity contribution >= 4 is 5.91 Å². The second-order valence-corrected chi connectivity index (χ2v) is 7.02. The molecule has 0 unspecified atom stereocenters. The number of carbonyl (C=O) groups excluding carboxylic acids is 1. The van der Waals surface area contributed by atoms with Crippen molar-refractivity contribution in [3.05, 3.63) is 35.4 Å². The molecule has 5 nitrogen and oxygen atoms in total. The Morgan fingerprint density at radius 2 is 1.92 bits per heavy atom. The number of carbonyl (C=O) groups is 1. The molecule has 0 radical (unpaired) electrons. The smallest absolute Gasteiger partial charge is 0.237 e. The van der Waals surface area contributed by atoms with E-state index in [9.17, 15) is 4.79 Å². The molecule has 0 aromatic heterocycles. The molecule has 0 bridgehead atoms. The molecule has 2 aliphatic heterocycles. The van der Waals surface area contributed by atoms with Crippen LogP contribution in [0.25, 0.3) is 0 Å². The fraction of sp³-hybridized carbons (Fsp3) is 0.650. The Morgan fingerprint density at radius 3 is 2.68 bits per heavy atom. The van der Waals surface area contributed by atoms with Gasteiger partial charge in [0.15, 0.2) is 0 Å². The van der Waals surface area contributed by atoms with E-state index in [0.29, 0.717) is 6.54 Å². The Morgan fingerprint density at radius 1 is 1.16 bits per heavy atom. The van der Waals surface area contributed by atoms with Gasteiger partial charge >= 0.3 is 0 Å². The van der Waals surface area contributed by atoms with Crippen LogP contribution in [0, 0.1) is 0 Å². The SMILES string of the molecule is CCN1CCCC[C@@H]1C(=O)NCc1ccccc1CN1CCOCC1. The molecule has 3 rings (SSSR count). The molecule has 1 atom stereocenters. The van der Waals surface area contributed by atoms with Crippen LogP contribution in [0.2, 0.25) is 0 Å². The molecule has 1 amide bonds. The quantitative estimate of drug-likeness (QED) is 0.857. The van der Waals surface area contributed by atoms with Gasteiger partial charge in [-0.3, -0.25) is 14.6 Å². The molecule has 2 fully saturated rings. The number of nitrogens with one attached hydrogen (secondary N) is 1. The van der Waals surface area contributed by atoms with Crippen LogP contribution in [0.15, 0.2) is 24.3 Å². The van der Waals surface area contributed by atoms with Crippen molar-refractivity contribution in [2.75, 3.05) is 39.4 Å². The first kappa shape index (κ1) is 18.4. The van der Waals surface area contributed by atoms with E-state index >= 15 is 0 Å². The number of amides is 1. The van der Waals surface area contributed by atoms with Gasteiger partial charge in [-0.1, -0.05) is 37.6 Å². The Labute approximate surface area is 151 Å². The predicted molar refractivity (Wildman–Crippen MR) is 99.3 cm³/mol. The van der Waals surface area contributed by atoms with Crippen molar-refractivity contribution in [3.8, 4) is 0 Å². The molecule has 2 saturated heterocycles. The van der Waals surface area contributed by atoms with Gasteiger partial charge in [0, 0.05) is 26.2 Å². The van der Waals surface area contributed by atoms with E-state index in [2.05, 4.69) is 46.3 Å². The number of likely N-dealkylation sites (tertiary alicyclic amines) is 1.